The molecule has 0 aliphatic carbocycles. The van der Waals surface area contributed by atoms with E-state index >= 15 is 0 Å². The van der Waals surface area contributed by atoms with Crippen LogP contribution in [0.15, 0.2) is 125 Å². The number of primary sulfonamides is 1. The highest BCUT2D eigenvalue weighted by Crippen LogP contribution is 2.39. The molecule has 2 heterocycles. The molecule has 0 unspecified atom stereocenters. The Kier molecular flexibility index (Phi) is 12.5. The summed E-state index contributed by atoms with van der Waals surface area (Å²) in [4.78, 5) is 37.7. The first-order valence-electron chi connectivity index (χ1n) is 17.7. The molecule has 0 spiro atoms. The number of hydrogen-bond acceptors (Lipinski definition) is 10. The molecule has 1 aliphatic heterocycles. The molecule has 1 saturated heterocycles. The van der Waals surface area contributed by atoms with Crippen molar-refractivity contribution in [3.8, 4) is 11.3 Å². The number of rotatable bonds is 14. The molecule has 1 aliphatic rings. The van der Waals surface area contributed by atoms with Gasteiger partial charge in [-0.1, -0.05) is 54.9 Å². The van der Waals surface area contributed by atoms with Crippen LogP contribution in [-0.2, 0) is 16.6 Å². The summed E-state index contributed by atoms with van der Waals surface area (Å²) in [6.45, 7) is 5.83. The summed E-state index contributed by atoms with van der Waals surface area (Å²) in [7, 11) is -2.55. The molecule has 12 nitrogen and oxygen atoms in total. The fraction of sp³-hybridized carbons (Fsp3) is 0.250. The lowest BCUT2D eigenvalue weighted by Gasteiger charge is -2.43. The van der Waals surface area contributed by atoms with Crippen LogP contribution in [-0.4, -0.2) is 73.8 Å². The molecule has 5 aromatic rings. The van der Waals surface area contributed by atoms with Crippen LogP contribution in [0.4, 0.5) is 17.1 Å². The van der Waals surface area contributed by atoms with Crippen molar-refractivity contribution in [2.75, 3.05) is 48.8 Å². The summed E-state index contributed by atoms with van der Waals surface area (Å²) in [5.74, 6) is -0.160. The molecule has 1 aromatic heterocycles. The predicted octanol–water partition coefficient (Wildman–Crippen LogP) is 7.04. The highest BCUT2D eigenvalue weighted by molar-refractivity contribution is 7.99. The number of nitrogens with one attached hydrogen (secondary N) is 1. The first kappa shape index (κ1) is 39.9. The molecule has 1 fully saturated rings. The van der Waals surface area contributed by atoms with Crippen LogP contribution in [0.3, 0.4) is 0 Å². The third-order valence-corrected chi connectivity index (χ3v) is 12.3. The van der Waals surface area contributed by atoms with E-state index in [1.165, 1.54) is 28.8 Å². The summed E-state index contributed by atoms with van der Waals surface area (Å²) in [6, 6.07) is 32.0. The van der Waals surface area contributed by atoms with Crippen LogP contribution in [0.25, 0.3) is 11.3 Å². The Morgan fingerprint density at radius 1 is 0.982 bits per heavy atom. The number of aromatic nitrogens is 1. The lowest BCUT2D eigenvalue weighted by atomic mass is 10.0. The normalized spacial score (nSPS) is 14.7. The zero-order valence-electron chi connectivity index (χ0n) is 30.5. The van der Waals surface area contributed by atoms with Crippen molar-refractivity contribution in [2.45, 2.75) is 35.3 Å². The van der Waals surface area contributed by atoms with E-state index in [1.807, 2.05) is 79.7 Å². The molecule has 6 rings (SSSR count). The second-order valence-electron chi connectivity index (χ2n) is 13.2. The van der Waals surface area contributed by atoms with Gasteiger partial charge in [-0.2, -0.15) is 0 Å². The Labute approximate surface area is 330 Å². The maximum absolute atomic E-state index is 14.7. The largest absolute Gasteiger partial charge is 0.369 e. The summed E-state index contributed by atoms with van der Waals surface area (Å²) in [5, 5.41) is 21.8. The predicted molar refractivity (Wildman–Crippen MR) is 219 cm³/mol. The van der Waals surface area contributed by atoms with E-state index in [9.17, 15) is 23.3 Å². The topological polar surface area (TPSA) is 155 Å². The molecule has 0 radical (unpaired) electrons. The van der Waals surface area contributed by atoms with Gasteiger partial charge in [-0.05, 0) is 85.8 Å². The van der Waals surface area contributed by atoms with Gasteiger partial charge in [-0.25, -0.2) is 13.6 Å². The van der Waals surface area contributed by atoms with Crippen LogP contribution in [0, 0.1) is 10.1 Å². The maximum atomic E-state index is 14.7. The fourth-order valence-corrected chi connectivity index (χ4v) is 8.63. The Bertz CT molecular complexity index is 2230. The average Bonchev–Trinajstić information content (AvgIpc) is 3.20. The number of nitrogens with zero attached hydrogens (tertiary/aromatic N) is 5. The number of nitro benzene ring substituents is 1. The van der Waals surface area contributed by atoms with Gasteiger partial charge in [0, 0.05) is 77.5 Å². The Hall–Kier alpha value is -4.83. The Morgan fingerprint density at radius 2 is 1.67 bits per heavy atom. The molecule has 0 bridgehead atoms. The first-order chi connectivity index (χ1) is 26.4. The Morgan fingerprint density at radius 3 is 2.29 bits per heavy atom. The van der Waals surface area contributed by atoms with Gasteiger partial charge < -0.3 is 4.90 Å². The zero-order valence-corrected chi connectivity index (χ0v) is 32.9. The van der Waals surface area contributed by atoms with Crippen molar-refractivity contribution in [1.29, 1.82) is 0 Å². The van der Waals surface area contributed by atoms with Crippen LogP contribution in [0.5, 0.6) is 0 Å². The molecular weight excluding hydrogens is 758 g/mol. The second-order valence-corrected chi connectivity index (χ2v) is 16.2. The summed E-state index contributed by atoms with van der Waals surface area (Å²) < 4.78 is 24.4. The van der Waals surface area contributed by atoms with Crippen molar-refractivity contribution >= 4 is 56.4 Å². The van der Waals surface area contributed by atoms with Crippen LogP contribution in [0.1, 0.15) is 29.3 Å². The van der Waals surface area contributed by atoms with Gasteiger partial charge >= 0.3 is 0 Å². The quantitative estimate of drug-likeness (QED) is 0.0517. The SMILES string of the molecule is CC[C@@](CSc1ccccc1)(NC)N(C(=O)c1ccc(N2CCN(Cc3cccnc3-c3ccc(Cl)cc3)CC2)cc1)c1ccc(S(N)(=O)=O)cc1[N+](=O)[O-]. The maximum Gasteiger partial charge on any atom is 0.294 e. The average molecular weight is 800 g/mol. The number of halogens is 1. The number of carbonyl (C=O) groups is 1. The number of amides is 1. The highest BCUT2D eigenvalue weighted by Gasteiger charge is 2.42. The van der Waals surface area contributed by atoms with Crippen LogP contribution < -0.4 is 20.3 Å². The van der Waals surface area contributed by atoms with Crippen molar-refractivity contribution in [3.63, 3.8) is 0 Å². The van der Waals surface area contributed by atoms with E-state index in [2.05, 4.69) is 26.2 Å². The Balaban J connectivity index is 1.24. The first-order valence-corrected chi connectivity index (χ1v) is 20.6. The molecule has 286 valence electrons. The number of hydrogen-bond donors (Lipinski definition) is 2. The van der Waals surface area contributed by atoms with Gasteiger partial charge in [-0.15, -0.1) is 11.8 Å². The zero-order chi connectivity index (χ0) is 39.2. The van der Waals surface area contributed by atoms with Gasteiger partial charge in [0.1, 0.15) is 11.4 Å². The van der Waals surface area contributed by atoms with E-state index in [0.29, 0.717) is 22.8 Å². The second kappa shape index (κ2) is 17.3. The third kappa shape index (κ3) is 9.18. The molecule has 4 aromatic carbocycles. The van der Waals surface area contributed by atoms with E-state index in [0.717, 1.165) is 66.2 Å². The molecule has 1 atom stereocenters. The molecule has 15 heteroatoms. The van der Waals surface area contributed by atoms with Gasteiger partial charge in [0.25, 0.3) is 11.6 Å². The number of nitrogens with two attached hydrogens (primary N) is 1. The lowest BCUT2D eigenvalue weighted by molar-refractivity contribution is -0.384. The minimum atomic E-state index is -4.26. The monoisotopic (exact) mass is 799 g/mol. The van der Waals surface area contributed by atoms with Crippen molar-refractivity contribution in [1.82, 2.24) is 15.2 Å². The number of thioether (sulfide) groups is 1. The van der Waals surface area contributed by atoms with Gasteiger partial charge in [0.05, 0.1) is 15.5 Å². The highest BCUT2D eigenvalue weighted by atomic mass is 35.5. The number of anilines is 2. The number of benzene rings is 4. The standard InChI is InChI=1S/C40H42ClN7O5S2/c1-3-40(43-2,28-54-34-9-5-4-6-10-34)47(36-20-19-35(55(42,52)53)26-37(36)48(50)51)39(49)30-13-17-33(18-14-30)46-24-22-45(23-25-46)27-31-8-7-21-44-38(31)29-11-15-32(41)16-12-29/h4-21,26,43H,3,22-25,27-28H2,1-2H3,(H2,42,52,53)/t40-/m1/s1. The number of carbonyl (C=O) groups excluding carboxylic acids is 1. The van der Waals surface area contributed by atoms with Crippen molar-refractivity contribution in [2.24, 2.45) is 5.14 Å². The number of sulfonamides is 1. The molecule has 1 amide bonds. The smallest absolute Gasteiger partial charge is 0.294 e. The summed E-state index contributed by atoms with van der Waals surface area (Å²) in [5.41, 5.74) is 2.62. The van der Waals surface area contributed by atoms with Crippen molar-refractivity contribution < 1.29 is 18.1 Å². The minimum Gasteiger partial charge on any atom is -0.369 e. The van der Waals surface area contributed by atoms with E-state index < -0.39 is 37.1 Å². The van der Waals surface area contributed by atoms with Gasteiger partial charge in [0.2, 0.25) is 10.0 Å². The molecule has 0 saturated carbocycles. The molecular formula is C40H42ClN7O5S2. The van der Waals surface area contributed by atoms with Gasteiger partial charge in [0.15, 0.2) is 0 Å². The number of pyridine rings is 1. The molecule has 3 N–H and O–H groups in total. The lowest BCUT2D eigenvalue weighted by Crippen LogP contribution is -2.62. The van der Waals surface area contributed by atoms with Crippen molar-refractivity contribution in [3.05, 3.63) is 142 Å². The van der Waals surface area contributed by atoms with Crippen LogP contribution in [0.2, 0.25) is 5.02 Å². The van der Waals surface area contributed by atoms with E-state index in [-0.39, 0.29) is 5.69 Å². The van der Waals surface area contributed by atoms with Gasteiger partial charge in [-0.3, -0.25) is 35.0 Å². The fourth-order valence-electron chi connectivity index (χ4n) is 6.74. The van der Waals surface area contributed by atoms with Crippen LogP contribution >= 0.6 is 23.4 Å². The third-order valence-electron chi connectivity index (χ3n) is 9.87. The summed E-state index contributed by atoms with van der Waals surface area (Å²) >= 11 is 7.61. The summed E-state index contributed by atoms with van der Waals surface area (Å²) in [6.07, 6.45) is 2.17. The van der Waals surface area contributed by atoms with E-state index in [4.69, 9.17) is 16.7 Å². The molecule has 55 heavy (non-hydrogen) atoms. The van der Waals surface area contributed by atoms with E-state index in [1.54, 1.807) is 25.4 Å². The number of piperazine rings is 1. The number of nitro groups is 1. The minimum absolute atomic E-state index is 0.0553.